The third-order valence-electron chi connectivity index (χ3n) is 4.16. The average Bonchev–Trinajstić information content (AvgIpc) is 2.65. The molecule has 0 aliphatic heterocycles. The van der Waals surface area contributed by atoms with Gasteiger partial charge in [0, 0.05) is 12.0 Å². The molecule has 1 heterocycles. The second-order valence-corrected chi connectivity index (χ2v) is 5.90. The maximum atomic E-state index is 12.6. The van der Waals surface area contributed by atoms with E-state index in [0.717, 1.165) is 10.9 Å². The number of carbonyl (C=O) groups is 1. The van der Waals surface area contributed by atoms with Crippen LogP contribution in [0.5, 0.6) is 0 Å². The Morgan fingerprint density at radius 1 is 1.08 bits per heavy atom. The highest BCUT2D eigenvalue weighted by Gasteiger charge is 2.16. The van der Waals surface area contributed by atoms with Crippen LogP contribution in [-0.2, 0) is 0 Å². The Kier molecular flexibility index (Phi) is 5.26. The van der Waals surface area contributed by atoms with Gasteiger partial charge < -0.3 is 15.4 Å². The van der Waals surface area contributed by atoms with E-state index >= 15 is 0 Å². The SMILES string of the molecule is O=C(NC(CCCO)c1ccccc1)c1cc2ccccc2c(=O)[nH]1. The Bertz CT molecular complexity index is 919. The van der Waals surface area contributed by atoms with Crippen molar-refractivity contribution in [1.82, 2.24) is 10.3 Å². The van der Waals surface area contributed by atoms with Gasteiger partial charge in [-0.3, -0.25) is 9.59 Å². The molecule has 0 saturated carbocycles. The lowest BCUT2D eigenvalue weighted by Gasteiger charge is -2.19. The highest BCUT2D eigenvalue weighted by molar-refractivity contribution is 5.96. The van der Waals surface area contributed by atoms with Crippen molar-refractivity contribution in [3.63, 3.8) is 0 Å². The number of hydrogen-bond donors (Lipinski definition) is 3. The van der Waals surface area contributed by atoms with Crippen molar-refractivity contribution >= 4 is 16.7 Å². The van der Waals surface area contributed by atoms with Gasteiger partial charge in [0.1, 0.15) is 5.69 Å². The van der Waals surface area contributed by atoms with E-state index in [0.29, 0.717) is 18.2 Å². The number of aliphatic hydroxyl groups is 1. The van der Waals surface area contributed by atoms with Crippen molar-refractivity contribution in [3.8, 4) is 0 Å². The standard InChI is InChI=1S/C20H20N2O3/c23-12-6-11-17(14-7-2-1-3-8-14)21-20(25)18-13-15-9-4-5-10-16(15)19(24)22-18/h1-5,7-10,13,17,23H,6,11-12H2,(H,21,25)(H,22,24). The minimum absolute atomic E-state index is 0.0615. The zero-order valence-corrected chi connectivity index (χ0v) is 13.7. The third-order valence-corrected chi connectivity index (χ3v) is 4.16. The number of hydrogen-bond acceptors (Lipinski definition) is 3. The van der Waals surface area contributed by atoms with Crippen molar-refractivity contribution in [2.45, 2.75) is 18.9 Å². The van der Waals surface area contributed by atoms with Gasteiger partial charge in [-0.1, -0.05) is 48.5 Å². The molecule has 3 rings (SSSR count). The van der Waals surface area contributed by atoms with E-state index in [1.165, 1.54) is 0 Å². The van der Waals surface area contributed by atoms with E-state index < -0.39 is 0 Å². The molecule has 0 saturated heterocycles. The van der Waals surface area contributed by atoms with Crippen LogP contribution in [0.3, 0.4) is 0 Å². The van der Waals surface area contributed by atoms with Gasteiger partial charge in [0.15, 0.2) is 0 Å². The van der Waals surface area contributed by atoms with Crippen LogP contribution in [0.2, 0.25) is 0 Å². The number of rotatable bonds is 6. The van der Waals surface area contributed by atoms with Crippen molar-refractivity contribution in [2.75, 3.05) is 6.61 Å². The largest absolute Gasteiger partial charge is 0.396 e. The minimum atomic E-state index is -0.338. The molecule has 25 heavy (non-hydrogen) atoms. The summed E-state index contributed by atoms with van der Waals surface area (Å²) in [5.74, 6) is -0.338. The molecule has 3 N–H and O–H groups in total. The van der Waals surface area contributed by atoms with Crippen molar-refractivity contribution in [3.05, 3.63) is 82.3 Å². The van der Waals surface area contributed by atoms with Gasteiger partial charge in [0.2, 0.25) is 0 Å². The van der Waals surface area contributed by atoms with Gasteiger partial charge in [-0.2, -0.15) is 0 Å². The number of aromatic amines is 1. The number of aromatic nitrogens is 1. The summed E-state index contributed by atoms with van der Waals surface area (Å²) in [5, 5.41) is 13.3. The fraction of sp³-hybridized carbons (Fsp3) is 0.200. The molecule has 0 fully saturated rings. The summed E-state index contributed by atoms with van der Waals surface area (Å²) in [6, 6.07) is 18.2. The zero-order valence-electron chi connectivity index (χ0n) is 13.7. The Balaban J connectivity index is 1.87. The van der Waals surface area contributed by atoms with Crippen LogP contribution >= 0.6 is 0 Å². The molecule has 0 aliphatic carbocycles. The average molecular weight is 336 g/mol. The summed E-state index contributed by atoms with van der Waals surface area (Å²) >= 11 is 0. The second kappa shape index (κ2) is 7.77. The van der Waals surface area contributed by atoms with Crippen LogP contribution in [-0.4, -0.2) is 22.6 Å². The molecule has 0 spiro atoms. The molecule has 5 nitrogen and oxygen atoms in total. The number of fused-ring (bicyclic) bond motifs is 1. The predicted octanol–water partition coefficient (Wildman–Crippen LogP) is 2.77. The van der Waals surface area contributed by atoms with E-state index in [1.54, 1.807) is 18.2 Å². The molecule has 1 unspecified atom stereocenters. The van der Waals surface area contributed by atoms with E-state index in [9.17, 15) is 9.59 Å². The van der Waals surface area contributed by atoms with Crippen LogP contribution in [0.25, 0.3) is 10.8 Å². The highest BCUT2D eigenvalue weighted by Crippen LogP contribution is 2.19. The Morgan fingerprint density at radius 2 is 1.80 bits per heavy atom. The lowest BCUT2D eigenvalue weighted by atomic mass is 10.0. The first kappa shape index (κ1) is 16.9. The Hall–Kier alpha value is -2.92. The third kappa shape index (κ3) is 3.95. The first-order valence-corrected chi connectivity index (χ1v) is 8.28. The van der Waals surface area contributed by atoms with Gasteiger partial charge in [0.25, 0.3) is 11.5 Å². The zero-order chi connectivity index (χ0) is 17.6. The van der Waals surface area contributed by atoms with Crippen molar-refractivity contribution < 1.29 is 9.90 Å². The summed E-state index contributed by atoms with van der Waals surface area (Å²) < 4.78 is 0. The number of carbonyl (C=O) groups excluding carboxylic acids is 1. The maximum absolute atomic E-state index is 12.6. The topological polar surface area (TPSA) is 82.2 Å². The molecule has 2 aromatic carbocycles. The number of pyridine rings is 1. The molecule has 1 atom stereocenters. The molecule has 0 radical (unpaired) electrons. The summed E-state index contributed by atoms with van der Waals surface area (Å²) in [7, 11) is 0. The fourth-order valence-electron chi connectivity index (χ4n) is 2.87. The molecule has 1 aromatic heterocycles. The molecular weight excluding hydrogens is 316 g/mol. The molecule has 1 amide bonds. The lowest BCUT2D eigenvalue weighted by molar-refractivity contribution is 0.0927. The lowest BCUT2D eigenvalue weighted by Crippen LogP contribution is -2.30. The van der Waals surface area contributed by atoms with Crippen LogP contribution in [0, 0.1) is 0 Å². The number of amides is 1. The van der Waals surface area contributed by atoms with E-state index in [4.69, 9.17) is 5.11 Å². The van der Waals surface area contributed by atoms with Gasteiger partial charge in [-0.15, -0.1) is 0 Å². The second-order valence-electron chi connectivity index (χ2n) is 5.90. The van der Waals surface area contributed by atoms with Gasteiger partial charge in [0.05, 0.1) is 6.04 Å². The number of aliphatic hydroxyl groups excluding tert-OH is 1. The summed E-state index contributed by atoms with van der Waals surface area (Å²) in [6.45, 7) is 0.0615. The predicted molar refractivity (Wildman–Crippen MR) is 97.5 cm³/mol. The van der Waals surface area contributed by atoms with Crippen LogP contribution in [0.1, 0.15) is 34.9 Å². The minimum Gasteiger partial charge on any atom is -0.396 e. The summed E-state index contributed by atoms with van der Waals surface area (Å²) in [4.78, 5) is 27.5. The van der Waals surface area contributed by atoms with Gasteiger partial charge in [-0.25, -0.2) is 0 Å². The van der Waals surface area contributed by atoms with Crippen LogP contribution < -0.4 is 10.9 Å². The molecular formula is C20H20N2O3. The number of benzene rings is 2. The Labute approximate surface area is 145 Å². The monoisotopic (exact) mass is 336 g/mol. The highest BCUT2D eigenvalue weighted by atomic mass is 16.3. The summed E-state index contributed by atoms with van der Waals surface area (Å²) in [6.07, 6.45) is 1.19. The molecule has 0 bridgehead atoms. The quantitative estimate of drug-likeness (QED) is 0.647. The van der Waals surface area contributed by atoms with E-state index in [1.807, 2.05) is 42.5 Å². The normalized spacial score (nSPS) is 12.0. The molecule has 3 aromatic rings. The number of nitrogens with one attached hydrogen (secondary N) is 2. The van der Waals surface area contributed by atoms with Gasteiger partial charge in [-0.05, 0) is 35.9 Å². The molecule has 5 heteroatoms. The van der Waals surface area contributed by atoms with Crippen molar-refractivity contribution in [1.29, 1.82) is 0 Å². The van der Waals surface area contributed by atoms with E-state index in [2.05, 4.69) is 10.3 Å². The maximum Gasteiger partial charge on any atom is 0.268 e. The Morgan fingerprint density at radius 3 is 2.56 bits per heavy atom. The van der Waals surface area contributed by atoms with Crippen molar-refractivity contribution in [2.24, 2.45) is 0 Å². The van der Waals surface area contributed by atoms with Gasteiger partial charge >= 0.3 is 0 Å². The first-order chi connectivity index (χ1) is 12.2. The smallest absolute Gasteiger partial charge is 0.268 e. The molecule has 0 aliphatic rings. The number of H-pyrrole nitrogens is 1. The van der Waals surface area contributed by atoms with Crippen LogP contribution in [0.4, 0.5) is 0 Å². The van der Waals surface area contributed by atoms with E-state index in [-0.39, 0.29) is 29.8 Å². The fourth-order valence-corrected chi connectivity index (χ4v) is 2.87. The molecule has 128 valence electrons. The first-order valence-electron chi connectivity index (χ1n) is 8.28. The van der Waals surface area contributed by atoms with Crippen LogP contribution in [0.15, 0.2) is 65.5 Å². The summed E-state index contributed by atoms with van der Waals surface area (Å²) in [5.41, 5.74) is 0.913.